The van der Waals surface area contributed by atoms with E-state index >= 15 is 0 Å². The van der Waals surface area contributed by atoms with Gasteiger partial charge < -0.3 is 15.2 Å². The number of nitrogens with one attached hydrogen (secondary N) is 1. The van der Waals surface area contributed by atoms with Crippen molar-refractivity contribution in [2.24, 2.45) is 0 Å². The molecule has 1 amide bonds. The average molecular weight is 604 g/mol. The molecule has 1 aromatic heterocycles. The Morgan fingerprint density at radius 1 is 1.14 bits per heavy atom. The van der Waals surface area contributed by atoms with Gasteiger partial charge in [-0.3, -0.25) is 4.79 Å². The van der Waals surface area contributed by atoms with Crippen LogP contribution < -0.4 is 10.1 Å². The van der Waals surface area contributed by atoms with Crippen LogP contribution in [0, 0.1) is 6.92 Å². The summed E-state index contributed by atoms with van der Waals surface area (Å²) in [6.45, 7) is 1.94. The van der Waals surface area contributed by atoms with E-state index in [1.807, 2.05) is 31.2 Å². The molecule has 0 unspecified atom stereocenters. The van der Waals surface area contributed by atoms with Crippen LogP contribution in [0.5, 0.6) is 5.75 Å². The summed E-state index contributed by atoms with van der Waals surface area (Å²) in [6.07, 6.45) is 0. The molecule has 9 heteroatoms. The van der Waals surface area contributed by atoms with Gasteiger partial charge in [-0.15, -0.1) is 11.3 Å². The normalized spacial score (nSPS) is 10.7. The molecule has 0 saturated carbocycles. The van der Waals surface area contributed by atoms with Crippen LogP contribution in [0.3, 0.4) is 0 Å². The molecule has 0 bridgehead atoms. The first-order valence-corrected chi connectivity index (χ1v) is 11.4. The molecule has 0 aliphatic heterocycles. The SMILES string of the molecule is COc1c(Br)cc(C(=O)Nc2scc(-c3cccc(C)c3)c2C(=O)O)c(Br)c1Br. The molecule has 0 aliphatic rings. The molecule has 29 heavy (non-hydrogen) atoms. The zero-order valence-corrected chi connectivity index (χ0v) is 20.8. The zero-order chi connectivity index (χ0) is 21.3. The van der Waals surface area contributed by atoms with Crippen molar-refractivity contribution in [3.63, 3.8) is 0 Å². The van der Waals surface area contributed by atoms with Gasteiger partial charge in [0.2, 0.25) is 0 Å². The molecule has 3 rings (SSSR count). The monoisotopic (exact) mass is 601 g/mol. The molecule has 2 N–H and O–H groups in total. The van der Waals surface area contributed by atoms with E-state index in [9.17, 15) is 14.7 Å². The number of aryl methyl sites for hydroxylation is 1. The van der Waals surface area contributed by atoms with Crippen molar-refractivity contribution in [2.75, 3.05) is 12.4 Å². The number of methoxy groups -OCH3 is 1. The molecule has 0 radical (unpaired) electrons. The fourth-order valence-corrected chi connectivity index (χ4v) is 5.66. The lowest BCUT2D eigenvalue weighted by atomic mass is 10.0. The van der Waals surface area contributed by atoms with Crippen LogP contribution in [0.2, 0.25) is 0 Å². The van der Waals surface area contributed by atoms with Crippen LogP contribution in [0.25, 0.3) is 11.1 Å². The van der Waals surface area contributed by atoms with E-state index in [1.54, 1.807) is 11.4 Å². The minimum absolute atomic E-state index is 0.0664. The Morgan fingerprint density at radius 2 is 1.86 bits per heavy atom. The zero-order valence-electron chi connectivity index (χ0n) is 15.2. The summed E-state index contributed by atoms with van der Waals surface area (Å²) in [5, 5.41) is 14.5. The summed E-state index contributed by atoms with van der Waals surface area (Å²) in [5.41, 5.74) is 2.77. The van der Waals surface area contributed by atoms with Crippen LogP contribution in [-0.4, -0.2) is 24.1 Å². The average Bonchev–Trinajstić information content (AvgIpc) is 3.09. The molecule has 0 saturated heterocycles. The largest absolute Gasteiger partial charge is 0.494 e. The maximum atomic E-state index is 12.9. The van der Waals surface area contributed by atoms with Gasteiger partial charge in [-0.05, 0) is 66.3 Å². The third-order valence-corrected chi connectivity index (χ3v) is 7.72. The van der Waals surface area contributed by atoms with Crippen LogP contribution >= 0.6 is 59.1 Å². The number of carboxylic acids is 1. The predicted molar refractivity (Wildman–Crippen MR) is 125 cm³/mol. The van der Waals surface area contributed by atoms with E-state index in [0.717, 1.165) is 11.1 Å². The number of carbonyl (C=O) groups is 2. The van der Waals surface area contributed by atoms with Gasteiger partial charge in [-0.2, -0.15) is 0 Å². The number of ether oxygens (including phenoxy) is 1. The molecule has 0 atom stereocenters. The van der Waals surface area contributed by atoms with Gasteiger partial charge in [0.05, 0.1) is 21.6 Å². The van der Waals surface area contributed by atoms with E-state index < -0.39 is 11.9 Å². The third-order valence-electron chi connectivity index (χ3n) is 4.13. The van der Waals surface area contributed by atoms with E-state index in [1.165, 1.54) is 18.4 Å². The number of hydrogen-bond acceptors (Lipinski definition) is 4. The summed E-state index contributed by atoms with van der Waals surface area (Å²) in [7, 11) is 1.52. The molecule has 2 aromatic carbocycles. The Hall–Kier alpha value is -1.68. The highest BCUT2D eigenvalue weighted by Gasteiger charge is 2.24. The van der Waals surface area contributed by atoms with Gasteiger partial charge in [0.1, 0.15) is 16.3 Å². The highest BCUT2D eigenvalue weighted by atomic mass is 79.9. The Kier molecular flexibility index (Phi) is 6.83. The van der Waals surface area contributed by atoms with Crippen LogP contribution in [0.4, 0.5) is 5.00 Å². The second-order valence-corrected chi connectivity index (χ2v) is 9.37. The number of hydrogen-bond donors (Lipinski definition) is 2. The lowest BCUT2D eigenvalue weighted by Crippen LogP contribution is -2.14. The Bertz CT molecular complexity index is 1130. The van der Waals surface area contributed by atoms with Crippen molar-refractivity contribution in [1.82, 2.24) is 0 Å². The molecule has 0 aliphatic carbocycles. The minimum atomic E-state index is -1.10. The molecule has 3 aromatic rings. The standard InChI is InChI=1S/C20H14Br3NO4S/c1-9-4-3-5-10(6-9)12-8-29-19(14(12)20(26)27)24-18(25)11-7-13(21)17(28-2)16(23)15(11)22/h3-8H,1-2H3,(H,24,25)(H,26,27). The summed E-state index contributed by atoms with van der Waals surface area (Å²) >= 11 is 11.3. The fourth-order valence-electron chi connectivity index (χ4n) is 2.79. The van der Waals surface area contributed by atoms with Crippen molar-refractivity contribution in [3.8, 4) is 16.9 Å². The van der Waals surface area contributed by atoms with Gasteiger partial charge in [0.25, 0.3) is 5.91 Å². The van der Waals surface area contributed by atoms with Crippen molar-refractivity contribution in [3.05, 3.63) is 65.8 Å². The minimum Gasteiger partial charge on any atom is -0.494 e. The molecular weight excluding hydrogens is 590 g/mol. The van der Waals surface area contributed by atoms with E-state index in [2.05, 4.69) is 53.1 Å². The van der Waals surface area contributed by atoms with Crippen molar-refractivity contribution in [2.45, 2.75) is 6.92 Å². The van der Waals surface area contributed by atoms with E-state index in [4.69, 9.17) is 4.74 Å². The van der Waals surface area contributed by atoms with Crippen LogP contribution in [-0.2, 0) is 0 Å². The third kappa shape index (κ3) is 4.42. The second kappa shape index (κ2) is 8.99. The number of thiophene rings is 1. The molecule has 150 valence electrons. The van der Waals surface area contributed by atoms with E-state index in [-0.39, 0.29) is 10.6 Å². The molecular formula is C20H14Br3NO4S. The molecule has 0 fully saturated rings. The smallest absolute Gasteiger partial charge is 0.339 e. The van der Waals surface area contributed by atoms with Gasteiger partial charge in [0.15, 0.2) is 0 Å². The summed E-state index contributed by atoms with van der Waals surface area (Å²) < 4.78 is 6.96. The number of carboxylic acid groups (broad SMARTS) is 1. The number of anilines is 1. The Balaban J connectivity index is 2.01. The molecule has 1 heterocycles. The summed E-state index contributed by atoms with van der Waals surface area (Å²) in [5.74, 6) is -1.01. The first kappa shape index (κ1) is 22.0. The summed E-state index contributed by atoms with van der Waals surface area (Å²) in [4.78, 5) is 24.9. The summed E-state index contributed by atoms with van der Waals surface area (Å²) in [6, 6.07) is 9.18. The van der Waals surface area contributed by atoms with Gasteiger partial charge in [-0.1, -0.05) is 29.8 Å². The maximum Gasteiger partial charge on any atom is 0.339 e. The van der Waals surface area contributed by atoms with E-state index in [0.29, 0.717) is 30.3 Å². The Labute approximate surface area is 196 Å². The van der Waals surface area contributed by atoms with Gasteiger partial charge in [0, 0.05) is 15.4 Å². The number of aromatic carboxylic acids is 1. The number of rotatable bonds is 5. The highest BCUT2D eigenvalue weighted by molar-refractivity contribution is 9.13. The van der Waals surface area contributed by atoms with Gasteiger partial charge in [-0.25, -0.2) is 4.79 Å². The van der Waals surface area contributed by atoms with Crippen molar-refractivity contribution >= 4 is 76.0 Å². The Morgan fingerprint density at radius 3 is 2.48 bits per heavy atom. The lowest BCUT2D eigenvalue weighted by Gasteiger charge is -2.13. The van der Waals surface area contributed by atoms with Crippen LogP contribution in [0.15, 0.2) is 49.1 Å². The number of benzene rings is 2. The molecule has 5 nitrogen and oxygen atoms in total. The maximum absolute atomic E-state index is 12.9. The topological polar surface area (TPSA) is 75.6 Å². The predicted octanol–water partition coefficient (Wildman–Crippen LogP) is 6.97. The quantitative estimate of drug-likeness (QED) is 0.309. The number of halogens is 3. The number of carbonyl (C=O) groups excluding carboxylic acids is 1. The van der Waals surface area contributed by atoms with Crippen molar-refractivity contribution < 1.29 is 19.4 Å². The molecule has 0 spiro atoms. The highest BCUT2D eigenvalue weighted by Crippen LogP contribution is 2.42. The lowest BCUT2D eigenvalue weighted by molar-refractivity contribution is 0.0699. The second-order valence-electron chi connectivity index (χ2n) is 6.05. The van der Waals surface area contributed by atoms with Crippen LogP contribution in [0.1, 0.15) is 26.3 Å². The van der Waals surface area contributed by atoms with Crippen molar-refractivity contribution in [1.29, 1.82) is 0 Å². The number of amides is 1. The van der Waals surface area contributed by atoms with Gasteiger partial charge >= 0.3 is 5.97 Å². The first-order valence-electron chi connectivity index (χ1n) is 8.19. The first-order chi connectivity index (χ1) is 13.7. The fraction of sp³-hybridized carbons (Fsp3) is 0.100.